The molecule has 0 amide bonds. The monoisotopic (exact) mass is 273 g/mol. The van der Waals surface area contributed by atoms with Gasteiger partial charge in [0.25, 0.3) is 0 Å². The van der Waals surface area contributed by atoms with Crippen molar-refractivity contribution >= 4 is 0 Å². The lowest BCUT2D eigenvalue weighted by Gasteiger charge is -2.12. The van der Waals surface area contributed by atoms with Gasteiger partial charge in [-0.25, -0.2) is 0 Å². The second kappa shape index (κ2) is 6.30. The van der Waals surface area contributed by atoms with E-state index in [1.165, 1.54) is 6.07 Å². The van der Waals surface area contributed by atoms with E-state index >= 15 is 0 Å². The average molecular weight is 273 g/mol. The van der Waals surface area contributed by atoms with Crippen LogP contribution in [-0.2, 0) is 12.8 Å². The molecule has 2 aromatic carbocycles. The smallest absolute Gasteiger partial charge is 0.157 e. The Morgan fingerprint density at radius 2 is 1.55 bits per heavy atom. The molecule has 4 N–H and O–H groups in total. The van der Waals surface area contributed by atoms with Gasteiger partial charge in [-0.05, 0) is 48.2 Å². The van der Waals surface area contributed by atoms with Gasteiger partial charge < -0.3 is 20.7 Å². The van der Waals surface area contributed by atoms with Gasteiger partial charge in [0.2, 0.25) is 0 Å². The minimum atomic E-state index is -0.113. The van der Waals surface area contributed by atoms with E-state index in [0.717, 1.165) is 23.3 Å². The Bertz CT molecular complexity index is 566. The maximum absolute atomic E-state index is 9.46. The van der Waals surface area contributed by atoms with Crippen LogP contribution in [0.15, 0.2) is 42.5 Å². The molecule has 0 aliphatic heterocycles. The lowest BCUT2D eigenvalue weighted by atomic mass is 9.99. The van der Waals surface area contributed by atoms with Crippen LogP contribution in [0.3, 0.4) is 0 Å². The van der Waals surface area contributed by atoms with Gasteiger partial charge in [0.05, 0.1) is 7.11 Å². The van der Waals surface area contributed by atoms with Crippen LogP contribution in [0.5, 0.6) is 17.2 Å². The molecule has 4 heteroatoms. The highest BCUT2D eigenvalue weighted by Crippen LogP contribution is 2.25. The molecule has 1 atom stereocenters. The molecule has 0 spiro atoms. The molecule has 0 aliphatic rings. The summed E-state index contributed by atoms with van der Waals surface area (Å²) in [6.07, 6.45) is 1.38. The molecule has 0 heterocycles. The number of methoxy groups -OCH3 is 1. The molecule has 0 saturated carbocycles. The van der Waals surface area contributed by atoms with Crippen LogP contribution in [-0.4, -0.2) is 23.4 Å². The first kappa shape index (κ1) is 14.2. The maximum Gasteiger partial charge on any atom is 0.157 e. The SMILES string of the molecule is COc1ccc(CC(N)Cc2ccc(O)c(O)c2)cc1. The molecule has 2 aromatic rings. The lowest BCUT2D eigenvalue weighted by molar-refractivity contribution is 0.403. The Hall–Kier alpha value is -2.20. The molecular formula is C16H19NO3. The first-order valence-electron chi connectivity index (χ1n) is 6.48. The summed E-state index contributed by atoms with van der Waals surface area (Å²) in [5, 5.41) is 18.7. The first-order valence-corrected chi connectivity index (χ1v) is 6.48. The third-order valence-corrected chi connectivity index (χ3v) is 3.19. The van der Waals surface area contributed by atoms with Crippen molar-refractivity contribution in [1.29, 1.82) is 0 Å². The average Bonchev–Trinajstić information content (AvgIpc) is 2.44. The number of hydrogen-bond donors (Lipinski definition) is 3. The first-order chi connectivity index (χ1) is 9.58. The number of aromatic hydroxyl groups is 2. The molecule has 0 aromatic heterocycles. The van der Waals surface area contributed by atoms with Gasteiger partial charge in [0, 0.05) is 6.04 Å². The van der Waals surface area contributed by atoms with Gasteiger partial charge >= 0.3 is 0 Å². The highest BCUT2D eigenvalue weighted by molar-refractivity contribution is 5.40. The van der Waals surface area contributed by atoms with Gasteiger partial charge in [-0.1, -0.05) is 18.2 Å². The van der Waals surface area contributed by atoms with E-state index in [9.17, 15) is 10.2 Å². The molecule has 2 rings (SSSR count). The van der Waals surface area contributed by atoms with E-state index in [2.05, 4.69) is 0 Å². The van der Waals surface area contributed by atoms with Crippen molar-refractivity contribution in [1.82, 2.24) is 0 Å². The fourth-order valence-electron chi connectivity index (χ4n) is 2.14. The van der Waals surface area contributed by atoms with E-state index < -0.39 is 0 Å². The minimum Gasteiger partial charge on any atom is -0.504 e. The van der Waals surface area contributed by atoms with E-state index in [4.69, 9.17) is 10.5 Å². The van der Waals surface area contributed by atoms with Gasteiger partial charge in [-0.15, -0.1) is 0 Å². The summed E-state index contributed by atoms with van der Waals surface area (Å²) < 4.78 is 5.11. The van der Waals surface area contributed by atoms with Crippen LogP contribution in [0.2, 0.25) is 0 Å². The van der Waals surface area contributed by atoms with Crippen molar-refractivity contribution in [2.24, 2.45) is 5.73 Å². The summed E-state index contributed by atoms with van der Waals surface area (Å²) in [4.78, 5) is 0. The fourth-order valence-corrected chi connectivity index (χ4v) is 2.14. The Balaban J connectivity index is 1.97. The van der Waals surface area contributed by atoms with Crippen molar-refractivity contribution in [2.75, 3.05) is 7.11 Å². The number of nitrogens with two attached hydrogens (primary N) is 1. The zero-order valence-corrected chi connectivity index (χ0v) is 11.4. The number of hydrogen-bond acceptors (Lipinski definition) is 4. The van der Waals surface area contributed by atoms with E-state index in [1.807, 2.05) is 24.3 Å². The summed E-state index contributed by atoms with van der Waals surface area (Å²) in [5.74, 6) is 0.599. The Morgan fingerprint density at radius 3 is 2.15 bits per heavy atom. The minimum absolute atomic E-state index is 0.0488. The predicted octanol–water partition coefficient (Wildman–Crippen LogP) is 2.22. The van der Waals surface area contributed by atoms with Gasteiger partial charge in [-0.3, -0.25) is 0 Å². The topological polar surface area (TPSA) is 75.7 Å². The molecule has 0 aliphatic carbocycles. The van der Waals surface area contributed by atoms with Crippen LogP contribution in [0.1, 0.15) is 11.1 Å². The van der Waals surface area contributed by atoms with Gasteiger partial charge in [-0.2, -0.15) is 0 Å². The molecular weight excluding hydrogens is 254 g/mol. The maximum atomic E-state index is 9.46. The van der Waals surface area contributed by atoms with Crippen LogP contribution >= 0.6 is 0 Å². The number of phenols is 2. The molecule has 0 saturated heterocycles. The molecule has 0 radical (unpaired) electrons. The highest BCUT2D eigenvalue weighted by atomic mass is 16.5. The van der Waals surface area contributed by atoms with Crippen molar-refractivity contribution in [2.45, 2.75) is 18.9 Å². The third kappa shape index (κ3) is 3.65. The molecule has 106 valence electrons. The second-order valence-electron chi connectivity index (χ2n) is 4.84. The molecule has 1 unspecified atom stereocenters. The molecule has 4 nitrogen and oxygen atoms in total. The van der Waals surface area contributed by atoms with Crippen molar-refractivity contribution in [3.8, 4) is 17.2 Å². The predicted molar refractivity (Wildman–Crippen MR) is 78.1 cm³/mol. The van der Waals surface area contributed by atoms with Crippen LogP contribution in [0.4, 0.5) is 0 Å². The molecule has 20 heavy (non-hydrogen) atoms. The van der Waals surface area contributed by atoms with Crippen molar-refractivity contribution in [3.05, 3.63) is 53.6 Å². The second-order valence-corrected chi connectivity index (χ2v) is 4.84. The summed E-state index contributed by atoms with van der Waals surface area (Å²) in [6, 6.07) is 12.5. The van der Waals surface area contributed by atoms with E-state index in [0.29, 0.717) is 6.42 Å². The standard InChI is InChI=1S/C16H19NO3/c1-20-14-5-2-11(3-6-14)8-13(17)9-12-4-7-15(18)16(19)10-12/h2-7,10,13,18-19H,8-9,17H2,1H3. The normalized spacial score (nSPS) is 12.1. The lowest BCUT2D eigenvalue weighted by Crippen LogP contribution is -2.25. The molecule has 0 bridgehead atoms. The van der Waals surface area contributed by atoms with Crippen LogP contribution < -0.4 is 10.5 Å². The number of benzene rings is 2. The Kier molecular flexibility index (Phi) is 4.48. The summed E-state index contributed by atoms with van der Waals surface area (Å²) >= 11 is 0. The molecule has 0 fully saturated rings. The quantitative estimate of drug-likeness (QED) is 0.730. The largest absolute Gasteiger partial charge is 0.504 e. The Labute approximate surface area is 118 Å². The van der Waals surface area contributed by atoms with Gasteiger partial charge in [0.15, 0.2) is 11.5 Å². The Morgan fingerprint density at radius 1 is 0.950 bits per heavy atom. The number of rotatable bonds is 5. The van der Waals surface area contributed by atoms with Crippen LogP contribution in [0, 0.1) is 0 Å². The highest BCUT2D eigenvalue weighted by Gasteiger charge is 2.08. The zero-order chi connectivity index (χ0) is 14.5. The third-order valence-electron chi connectivity index (χ3n) is 3.19. The van der Waals surface area contributed by atoms with Gasteiger partial charge in [0.1, 0.15) is 5.75 Å². The fraction of sp³-hybridized carbons (Fsp3) is 0.250. The number of ether oxygens (including phenoxy) is 1. The zero-order valence-electron chi connectivity index (χ0n) is 11.4. The summed E-state index contributed by atoms with van der Waals surface area (Å²) in [5.41, 5.74) is 8.17. The van der Waals surface area contributed by atoms with Crippen LogP contribution in [0.25, 0.3) is 0 Å². The summed E-state index contributed by atoms with van der Waals surface area (Å²) in [6.45, 7) is 0. The van der Waals surface area contributed by atoms with Crippen molar-refractivity contribution in [3.63, 3.8) is 0 Å². The summed E-state index contributed by atoms with van der Waals surface area (Å²) in [7, 11) is 1.64. The van der Waals surface area contributed by atoms with E-state index in [1.54, 1.807) is 19.2 Å². The number of phenolic OH excluding ortho intramolecular Hbond substituents is 2. The van der Waals surface area contributed by atoms with E-state index in [-0.39, 0.29) is 17.5 Å². The van der Waals surface area contributed by atoms with Crippen molar-refractivity contribution < 1.29 is 14.9 Å².